The number of H-pyrrole nitrogens is 2. The molecule has 0 aliphatic carbocycles. The zero-order chi connectivity index (χ0) is 14.7. The average Bonchev–Trinajstić information content (AvgIpc) is 2.69. The average molecular weight is 296 g/mol. The molecule has 8 nitrogen and oxygen atoms in total. The predicted octanol–water partition coefficient (Wildman–Crippen LogP) is -1.09. The van der Waals surface area contributed by atoms with Crippen LogP contribution in [-0.4, -0.2) is 20.4 Å². The summed E-state index contributed by atoms with van der Waals surface area (Å²) in [5, 5.41) is 4.18. The molecule has 3 N–H and O–H groups in total. The molecule has 1 amide bonds. The Kier molecular flexibility index (Phi) is 3.99. The van der Waals surface area contributed by atoms with Gasteiger partial charge in [-0.15, -0.1) is 0 Å². The van der Waals surface area contributed by atoms with Gasteiger partial charge in [0, 0.05) is 23.8 Å². The fourth-order valence-corrected chi connectivity index (χ4v) is 2.29. The molecular formula is C11H12N4O4S. The molecular weight excluding hydrogens is 284 g/mol. The van der Waals surface area contributed by atoms with Crippen molar-refractivity contribution >= 4 is 17.2 Å². The maximum atomic E-state index is 11.7. The number of carbonyl (C=O) groups is 1. The van der Waals surface area contributed by atoms with E-state index in [0.29, 0.717) is 5.69 Å². The van der Waals surface area contributed by atoms with Gasteiger partial charge in [-0.25, -0.2) is 4.79 Å². The van der Waals surface area contributed by atoms with Crippen LogP contribution in [-0.2, 0) is 17.9 Å². The predicted molar refractivity (Wildman–Crippen MR) is 72.8 cm³/mol. The second-order valence-corrected chi connectivity index (χ2v) is 4.92. The Morgan fingerprint density at radius 1 is 1.40 bits per heavy atom. The van der Waals surface area contributed by atoms with Gasteiger partial charge in [0.25, 0.3) is 5.56 Å². The lowest BCUT2D eigenvalue weighted by molar-refractivity contribution is -0.121. The third-order valence-electron chi connectivity index (χ3n) is 2.65. The van der Waals surface area contributed by atoms with Crippen LogP contribution in [0.2, 0.25) is 0 Å². The van der Waals surface area contributed by atoms with E-state index in [4.69, 9.17) is 0 Å². The number of aromatic nitrogens is 3. The van der Waals surface area contributed by atoms with Crippen molar-refractivity contribution in [1.29, 1.82) is 0 Å². The number of thiazole rings is 1. The Hall–Kier alpha value is -2.42. The van der Waals surface area contributed by atoms with E-state index in [1.807, 2.05) is 0 Å². The van der Waals surface area contributed by atoms with E-state index in [-0.39, 0.29) is 29.4 Å². The minimum absolute atomic E-state index is 0.0249. The molecule has 106 valence electrons. The Labute approximate surface area is 116 Å². The van der Waals surface area contributed by atoms with Gasteiger partial charge in [0.15, 0.2) is 0 Å². The van der Waals surface area contributed by atoms with Crippen molar-refractivity contribution < 1.29 is 4.79 Å². The number of rotatable bonds is 4. The van der Waals surface area contributed by atoms with Gasteiger partial charge in [0.2, 0.25) is 5.91 Å². The summed E-state index contributed by atoms with van der Waals surface area (Å²) in [6, 6.07) is 0. The first-order valence-electron chi connectivity index (χ1n) is 5.70. The highest BCUT2D eigenvalue weighted by molar-refractivity contribution is 7.07. The van der Waals surface area contributed by atoms with Crippen LogP contribution in [0.5, 0.6) is 0 Å². The molecule has 0 aliphatic heterocycles. The highest BCUT2D eigenvalue weighted by atomic mass is 32.1. The molecule has 9 heteroatoms. The lowest BCUT2D eigenvalue weighted by Gasteiger charge is -2.06. The second-order valence-electron chi connectivity index (χ2n) is 4.10. The zero-order valence-corrected chi connectivity index (χ0v) is 11.4. The van der Waals surface area contributed by atoms with E-state index >= 15 is 0 Å². The van der Waals surface area contributed by atoms with Crippen molar-refractivity contribution in [3.05, 3.63) is 53.3 Å². The highest BCUT2D eigenvalue weighted by Crippen LogP contribution is 1.98. The highest BCUT2D eigenvalue weighted by Gasteiger charge is 2.09. The van der Waals surface area contributed by atoms with E-state index in [9.17, 15) is 19.2 Å². The first-order chi connectivity index (χ1) is 9.47. The Morgan fingerprint density at radius 3 is 2.75 bits per heavy atom. The van der Waals surface area contributed by atoms with Crippen molar-refractivity contribution in [2.75, 3.05) is 0 Å². The van der Waals surface area contributed by atoms with Crippen molar-refractivity contribution in [3.8, 4) is 0 Å². The minimum Gasteiger partial charge on any atom is -0.350 e. The van der Waals surface area contributed by atoms with Crippen LogP contribution in [0.15, 0.2) is 26.0 Å². The molecule has 0 fully saturated rings. The van der Waals surface area contributed by atoms with Crippen LogP contribution in [0.25, 0.3) is 0 Å². The molecule has 2 aromatic rings. The topological polar surface area (TPSA) is 117 Å². The lowest BCUT2D eigenvalue weighted by atomic mass is 10.3. The molecule has 0 atom stereocenters. The zero-order valence-electron chi connectivity index (χ0n) is 10.6. The van der Waals surface area contributed by atoms with Crippen LogP contribution >= 0.6 is 11.3 Å². The van der Waals surface area contributed by atoms with Crippen LogP contribution < -0.4 is 21.4 Å². The summed E-state index contributed by atoms with van der Waals surface area (Å²) < 4.78 is 1.34. The summed E-state index contributed by atoms with van der Waals surface area (Å²) in [6.07, 6.45) is 1.24. The van der Waals surface area contributed by atoms with Crippen LogP contribution in [0.4, 0.5) is 0 Å². The standard InChI is InChI=1S/C11H12N4O4S/c1-6-5-20-11(19)15(6)4-8(16)12-2-7-3-13-10(18)14-9(7)17/h3,5H,2,4H2,1H3,(H,12,16)(H2,13,14,17,18). The molecule has 0 bridgehead atoms. The maximum absolute atomic E-state index is 11.7. The SMILES string of the molecule is Cc1csc(=O)n1CC(=O)NCc1c[nH]c(=O)[nH]c1=O. The van der Waals surface area contributed by atoms with Crippen LogP contribution in [0.3, 0.4) is 0 Å². The molecule has 2 aromatic heterocycles. The summed E-state index contributed by atoms with van der Waals surface area (Å²) in [7, 11) is 0. The Bertz CT molecular complexity index is 797. The number of nitrogens with zero attached hydrogens (tertiary/aromatic N) is 1. The Morgan fingerprint density at radius 2 is 2.15 bits per heavy atom. The third-order valence-corrected chi connectivity index (χ3v) is 3.53. The van der Waals surface area contributed by atoms with Crippen molar-refractivity contribution in [2.24, 2.45) is 0 Å². The number of hydrogen-bond acceptors (Lipinski definition) is 5. The largest absolute Gasteiger partial charge is 0.350 e. The van der Waals surface area contributed by atoms with Gasteiger partial charge < -0.3 is 10.3 Å². The Balaban J connectivity index is 2.01. The van der Waals surface area contributed by atoms with Gasteiger partial charge in [-0.3, -0.25) is 23.9 Å². The molecule has 0 aliphatic rings. The first-order valence-corrected chi connectivity index (χ1v) is 6.58. The monoisotopic (exact) mass is 296 g/mol. The van der Waals surface area contributed by atoms with Crippen LogP contribution in [0, 0.1) is 6.92 Å². The lowest BCUT2D eigenvalue weighted by Crippen LogP contribution is -2.33. The smallest absolute Gasteiger partial charge is 0.325 e. The summed E-state index contributed by atoms with van der Waals surface area (Å²) in [4.78, 5) is 49.6. The fourth-order valence-electron chi connectivity index (χ4n) is 1.56. The fraction of sp³-hybridized carbons (Fsp3) is 0.273. The van der Waals surface area contributed by atoms with E-state index in [1.54, 1.807) is 12.3 Å². The van der Waals surface area contributed by atoms with E-state index < -0.39 is 11.2 Å². The van der Waals surface area contributed by atoms with Crippen molar-refractivity contribution in [2.45, 2.75) is 20.0 Å². The van der Waals surface area contributed by atoms with Crippen molar-refractivity contribution in [1.82, 2.24) is 19.9 Å². The summed E-state index contributed by atoms with van der Waals surface area (Å²) in [6.45, 7) is 1.61. The quantitative estimate of drug-likeness (QED) is 0.664. The van der Waals surface area contributed by atoms with Gasteiger partial charge in [0.05, 0.1) is 5.56 Å². The van der Waals surface area contributed by atoms with Crippen LogP contribution in [0.1, 0.15) is 11.3 Å². The molecule has 0 saturated carbocycles. The number of nitrogens with one attached hydrogen (secondary N) is 3. The maximum Gasteiger partial charge on any atom is 0.325 e. The molecule has 0 saturated heterocycles. The normalized spacial score (nSPS) is 10.4. The molecule has 2 rings (SSSR count). The number of aryl methyl sites for hydroxylation is 1. The third kappa shape index (κ3) is 3.12. The second kappa shape index (κ2) is 5.70. The number of aromatic amines is 2. The number of amides is 1. The number of hydrogen-bond donors (Lipinski definition) is 3. The van der Waals surface area contributed by atoms with Gasteiger partial charge in [0.1, 0.15) is 6.54 Å². The van der Waals surface area contributed by atoms with E-state index in [2.05, 4.69) is 15.3 Å². The number of carbonyl (C=O) groups excluding carboxylic acids is 1. The van der Waals surface area contributed by atoms with Gasteiger partial charge in [-0.05, 0) is 6.92 Å². The summed E-state index contributed by atoms with van der Waals surface area (Å²) >= 11 is 1.02. The van der Waals surface area contributed by atoms with E-state index in [0.717, 1.165) is 11.3 Å². The molecule has 0 aromatic carbocycles. The molecule has 20 heavy (non-hydrogen) atoms. The van der Waals surface area contributed by atoms with Gasteiger partial charge in [-0.2, -0.15) is 0 Å². The molecule has 0 unspecified atom stereocenters. The summed E-state index contributed by atoms with van der Waals surface area (Å²) in [5.41, 5.74) is -0.229. The molecule has 0 spiro atoms. The first kappa shape index (κ1) is 14.0. The van der Waals surface area contributed by atoms with Gasteiger partial charge >= 0.3 is 10.6 Å². The minimum atomic E-state index is -0.606. The van der Waals surface area contributed by atoms with Crippen molar-refractivity contribution in [3.63, 3.8) is 0 Å². The van der Waals surface area contributed by atoms with Gasteiger partial charge in [-0.1, -0.05) is 11.3 Å². The molecule has 0 radical (unpaired) electrons. The van der Waals surface area contributed by atoms with E-state index in [1.165, 1.54) is 10.8 Å². The summed E-state index contributed by atoms with van der Waals surface area (Å²) in [5.74, 6) is -0.390. The molecule has 2 heterocycles.